The van der Waals surface area contributed by atoms with E-state index >= 15 is 0 Å². The van der Waals surface area contributed by atoms with E-state index in [1.165, 1.54) is 6.07 Å². The molecule has 0 spiro atoms. The fourth-order valence-corrected chi connectivity index (χ4v) is 1.89. The van der Waals surface area contributed by atoms with Crippen LogP contribution in [-0.4, -0.2) is 6.61 Å². The van der Waals surface area contributed by atoms with Gasteiger partial charge in [-0.15, -0.1) is 0 Å². The normalized spacial score (nSPS) is 10.6. The van der Waals surface area contributed by atoms with E-state index in [0.29, 0.717) is 18.7 Å². The second-order valence-corrected chi connectivity index (χ2v) is 4.42. The molecule has 0 aliphatic rings. The highest BCUT2D eigenvalue weighted by Crippen LogP contribution is 2.13. The minimum absolute atomic E-state index is 0.288. The lowest BCUT2D eigenvalue weighted by atomic mass is 10.2. The molecule has 0 saturated heterocycles. The molecular weight excluding hydrogens is 260 g/mol. The molecule has 0 atom stereocenters. The summed E-state index contributed by atoms with van der Waals surface area (Å²) in [6, 6.07) is 11.1. The zero-order valence-electron chi connectivity index (χ0n) is 11.3. The molecule has 2 nitrogen and oxygen atoms in total. The number of halogens is 2. The molecule has 0 radical (unpaired) electrons. The Labute approximate surface area is 117 Å². The topological polar surface area (TPSA) is 21.3 Å². The molecular formula is C16H17F2NO. The molecule has 0 unspecified atom stereocenters. The van der Waals surface area contributed by atoms with Crippen molar-refractivity contribution in [2.24, 2.45) is 0 Å². The Morgan fingerprint density at radius 3 is 2.45 bits per heavy atom. The van der Waals surface area contributed by atoms with Gasteiger partial charge in [0.1, 0.15) is 17.4 Å². The summed E-state index contributed by atoms with van der Waals surface area (Å²) in [4.78, 5) is 0. The third kappa shape index (κ3) is 4.03. The van der Waals surface area contributed by atoms with Crippen molar-refractivity contribution in [1.82, 2.24) is 5.32 Å². The smallest absolute Gasteiger partial charge is 0.127 e. The van der Waals surface area contributed by atoms with Gasteiger partial charge in [0.15, 0.2) is 0 Å². The molecule has 0 aliphatic heterocycles. The largest absolute Gasteiger partial charge is 0.494 e. The van der Waals surface area contributed by atoms with Crippen molar-refractivity contribution in [2.45, 2.75) is 20.0 Å². The Bertz CT molecular complexity index is 555. The van der Waals surface area contributed by atoms with Gasteiger partial charge in [0.2, 0.25) is 0 Å². The summed E-state index contributed by atoms with van der Waals surface area (Å²) >= 11 is 0. The van der Waals surface area contributed by atoms with Crippen molar-refractivity contribution >= 4 is 0 Å². The highest BCUT2D eigenvalue weighted by Gasteiger charge is 2.03. The van der Waals surface area contributed by atoms with Crippen LogP contribution in [0.2, 0.25) is 0 Å². The maximum Gasteiger partial charge on any atom is 0.127 e. The standard InChI is InChI=1S/C16H17F2NO/c1-2-20-15-6-3-12(4-7-15)10-19-11-13-9-14(17)5-8-16(13)18/h3-9,19H,2,10-11H2,1H3. The highest BCUT2D eigenvalue weighted by atomic mass is 19.1. The Kier molecular flexibility index (Phi) is 5.07. The SMILES string of the molecule is CCOc1ccc(CNCc2cc(F)ccc2F)cc1. The Morgan fingerprint density at radius 2 is 1.75 bits per heavy atom. The van der Waals surface area contributed by atoms with Crippen LogP contribution in [0, 0.1) is 11.6 Å². The first-order chi connectivity index (χ1) is 9.69. The van der Waals surface area contributed by atoms with Crippen LogP contribution in [0.3, 0.4) is 0 Å². The van der Waals surface area contributed by atoms with Gasteiger partial charge in [-0.25, -0.2) is 8.78 Å². The molecule has 1 N–H and O–H groups in total. The lowest BCUT2D eigenvalue weighted by molar-refractivity contribution is 0.340. The molecule has 0 aromatic heterocycles. The van der Waals surface area contributed by atoms with Crippen LogP contribution in [0.15, 0.2) is 42.5 Å². The van der Waals surface area contributed by atoms with E-state index in [1.807, 2.05) is 31.2 Å². The molecule has 0 aliphatic carbocycles. The zero-order valence-corrected chi connectivity index (χ0v) is 11.3. The maximum absolute atomic E-state index is 13.4. The summed E-state index contributed by atoms with van der Waals surface area (Å²) in [5.41, 5.74) is 1.39. The minimum atomic E-state index is -0.427. The average Bonchev–Trinajstić information content (AvgIpc) is 2.45. The van der Waals surface area contributed by atoms with Gasteiger partial charge in [0.05, 0.1) is 6.61 Å². The molecule has 0 amide bonds. The van der Waals surface area contributed by atoms with E-state index in [1.54, 1.807) is 0 Å². The van der Waals surface area contributed by atoms with Crippen molar-refractivity contribution < 1.29 is 13.5 Å². The van der Waals surface area contributed by atoms with E-state index < -0.39 is 11.6 Å². The predicted octanol–water partition coefficient (Wildman–Crippen LogP) is 3.65. The van der Waals surface area contributed by atoms with Crippen LogP contribution in [0.4, 0.5) is 8.78 Å². The lowest BCUT2D eigenvalue weighted by Crippen LogP contribution is -2.13. The van der Waals surface area contributed by atoms with E-state index in [4.69, 9.17) is 4.74 Å². The van der Waals surface area contributed by atoms with Crippen molar-refractivity contribution in [3.8, 4) is 5.75 Å². The van der Waals surface area contributed by atoms with E-state index in [2.05, 4.69) is 5.32 Å². The predicted molar refractivity (Wildman–Crippen MR) is 74.5 cm³/mol. The van der Waals surface area contributed by atoms with Gasteiger partial charge in [-0.05, 0) is 42.8 Å². The zero-order chi connectivity index (χ0) is 14.4. The Hall–Kier alpha value is -1.94. The van der Waals surface area contributed by atoms with Gasteiger partial charge in [0.25, 0.3) is 0 Å². The number of nitrogens with one attached hydrogen (secondary N) is 1. The van der Waals surface area contributed by atoms with Gasteiger partial charge in [0, 0.05) is 18.7 Å². The molecule has 0 heterocycles. The minimum Gasteiger partial charge on any atom is -0.494 e. The highest BCUT2D eigenvalue weighted by molar-refractivity contribution is 5.27. The summed E-state index contributed by atoms with van der Waals surface area (Å²) < 4.78 is 31.8. The molecule has 4 heteroatoms. The van der Waals surface area contributed by atoms with Crippen LogP contribution in [-0.2, 0) is 13.1 Å². The van der Waals surface area contributed by atoms with Crippen molar-refractivity contribution in [3.63, 3.8) is 0 Å². The number of ether oxygens (including phenoxy) is 1. The third-order valence-electron chi connectivity index (χ3n) is 2.89. The average molecular weight is 277 g/mol. The van der Waals surface area contributed by atoms with Gasteiger partial charge in [-0.1, -0.05) is 12.1 Å². The fourth-order valence-electron chi connectivity index (χ4n) is 1.89. The number of benzene rings is 2. The van der Waals surface area contributed by atoms with Crippen LogP contribution >= 0.6 is 0 Å². The second-order valence-electron chi connectivity index (χ2n) is 4.42. The first kappa shape index (κ1) is 14.5. The Morgan fingerprint density at radius 1 is 1.00 bits per heavy atom. The van der Waals surface area contributed by atoms with E-state index in [9.17, 15) is 8.78 Å². The fraction of sp³-hybridized carbons (Fsp3) is 0.250. The van der Waals surface area contributed by atoms with Gasteiger partial charge >= 0.3 is 0 Å². The van der Waals surface area contributed by atoms with Crippen LogP contribution < -0.4 is 10.1 Å². The van der Waals surface area contributed by atoms with Gasteiger partial charge < -0.3 is 10.1 Å². The first-order valence-corrected chi connectivity index (χ1v) is 6.55. The van der Waals surface area contributed by atoms with Gasteiger partial charge in [-0.3, -0.25) is 0 Å². The Balaban J connectivity index is 1.87. The summed E-state index contributed by atoms with van der Waals surface area (Å²) in [6.07, 6.45) is 0. The molecule has 2 rings (SSSR count). The van der Waals surface area contributed by atoms with Crippen molar-refractivity contribution in [2.75, 3.05) is 6.61 Å². The summed E-state index contributed by atoms with van der Waals surface area (Å²) in [5.74, 6) is 0.00212. The third-order valence-corrected chi connectivity index (χ3v) is 2.89. The van der Waals surface area contributed by atoms with Crippen LogP contribution in [0.1, 0.15) is 18.1 Å². The molecule has 2 aromatic carbocycles. The van der Waals surface area contributed by atoms with Crippen LogP contribution in [0.25, 0.3) is 0 Å². The quantitative estimate of drug-likeness (QED) is 0.870. The maximum atomic E-state index is 13.4. The van der Waals surface area contributed by atoms with Gasteiger partial charge in [-0.2, -0.15) is 0 Å². The molecule has 0 bridgehead atoms. The molecule has 106 valence electrons. The molecule has 0 saturated carbocycles. The summed E-state index contributed by atoms with van der Waals surface area (Å²) in [7, 11) is 0. The number of hydrogen-bond acceptors (Lipinski definition) is 2. The summed E-state index contributed by atoms with van der Waals surface area (Å²) in [6.45, 7) is 3.44. The lowest BCUT2D eigenvalue weighted by Gasteiger charge is -2.08. The number of hydrogen-bond donors (Lipinski definition) is 1. The van der Waals surface area contributed by atoms with Crippen molar-refractivity contribution in [3.05, 3.63) is 65.2 Å². The van der Waals surface area contributed by atoms with E-state index in [-0.39, 0.29) is 6.54 Å². The molecule has 2 aromatic rings. The molecule has 0 fully saturated rings. The van der Waals surface area contributed by atoms with E-state index in [0.717, 1.165) is 23.4 Å². The van der Waals surface area contributed by atoms with Crippen LogP contribution in [0.5, 0.6) is 5.75 Å². The summed E-state index contributed by atoms with van der Waals surface area (Å²) in [5, 5.41) is 3.09. The number of rotatable bonds is 6. The van der Waals surface area contributed by atoms with Crippen molar-refractivity contribution in [1.29, 1.82) is 0 Å². The monoisotopic (exact) mass is 277 g/mol. The second kappa shape index (κ2) is 7.01. The molecule has 20 heavy (non-hydrogen) atoms. The first-order valence-electron chi connectivity index (χ1n) is 6.55.